The van der Waals surface area contributed by atoms with Crippen LogP contribution in [0.2, 0.25) is 0 Å². The molecule has 0 bridgehead atoms. The van der Waals surface area contributed by atoms with Crippen LogP contribution in [0.5, 0.6) is 5.75 Å². The van der Waals surface area contributed by atoms with Crippen LogP contribution in [0.15, 0.2) is 58.8 Å². The second kappa shape index (κ2) is 12.1. The number of unbranched alkanes of at least 4 members (excludes halogenated alkanes) is 6. The zero-order valence-corrected chi connectivity index (χ0v) is 17.0. The molecule has 27 heavy (non-hydrogen) atoms. The number of azo groups is 1. The Morgan fingerprint density at radius 2 is 1.22 bits per heavy atom. The third kappa shape index (κ3) is 8.25. The van der Waals surface area contributed by atoms with Crippen molar-refractivity contribution >= 4 is 17.1 Å². The lowest BCUT2D eigenvalue weighted by atomic mass is 10.1. The summed E-state index contributed by atoms with van der Waals surface area (Å²) in [5.74, 6) is 0.898. The third-order valence-corrected chi connectivity index (χ3v) is 4.50. The van der Waals surface area contributed by atoms with E-state index in [-0.39, 0.29) is 0 Å². The average Bonchev–Trinajstić information content (AvgIpc) is 2.69. The van der Waals surface area contributed by atoms with E-state index in [1.165, 1.54) is 38.5 Å². The molecule has 0 aromatic heterocycles. The van der Waals surface area contributed by atoms with Crippen molar-refractivity contribution in [2.45, 2.75) is 51.9 Å². The number of anilines is 1. The molecular weight excluding hydrogens is 334 g/mol. The first-order valence-corrected chi connectivity index (χ1v) is 10.1. The highest BCUT2D eigenvalue weighted by Crippen LogP contribution is 2.23. The highest BCUT2D eigenvalue weighted by atomic mass is 16.5. The van der Waals surface area contributed by atoms with E-state index >= 15 is 0 Å². The van der Waals surface area contributed by atoms with Gasteiger partial charge in [0.25, 0.3) is 0 Å². The molecule has 2 aromatic rings. The van der Waals surface area contributed by atoms with Crippen LogP contribution in [0, 0.1) is 0 Å². The molecule has 0 fully saturated rings. The number of nitrogens with zero attached hydrogens (tertiary/aromatic N) is 3. The van der Waals surface area contributed by atoms with E-state index in [0.717, 1.165) is 35.8 Å². The van der Waals surface area contributed by atoms with E-state index in [1.54, 1.807) is 0 Å². The summed E-state index contributed by atoms with van der Waals surface area (Å²) in [6, 6.07) is 15.8. The van der Waals surface area contributed by atoms with Crippen molar-refractivity contribution in [2.75, 3.05) is 25.6 Å². The molecule has 0 aliphatic carbocycles. The highest BCUT2D eigenvalue weighted by Gasteiger charge is 1.97. The number of hydrogen-bond acceptors (Lipinski definition) is 4. The molecule has 0 heterocycles. The number of benzene rings is 2. The van der Waals surface area contributed by atoms with Crippen LogP contribution < -0.4 is 9.64 Å². The fraction of sp³-hybridized carbons (Fsp3) is 0.478. The minimum atomic E-state index is 0.785. The van der Waals surface area contributed by atoms with Gasteiger partial charge in [-0.2, -0.15) is 10.2 Å². The Balaban J connectivity index is 1.70. The molecule has 2 rings (SSSR count). The predicted molar refractivity (Wildman–Crippen MR) is 115 cm³/mol. The van der Waals surface area contributed by atoms with E-state index in [0.29, 0.717) is 0 Å². The van der Waals surface area contributed by atoms with Crippen LogP contribution in [0.4, 0.5) is 17.1 Å². The molecule has 0 aliphatic rings. The summed E-state index contributed by atoms with van der Waals surface area (Å²) >= 11 is 0. The van der Waals surface area contributed by atoms with E-state index in [1.807, 2.05) is 62.6 Å². The van der Waals surface area contributed by atoms with Crippen LogP contribution in [0.3, 0.4) is 0 Å². The van der Waals surface area contributed by atoms with E-state index in [2.05, 4.69) is 22.1 Å². The van der Waals surface area contributed by atoms with E-state index in [9.17, 15) is 0 Å². The van der Waals surface area contributed by atoms with Gasteiger partial charge in [-0.05, 0) is 55.0 Å². The fourth-order valence-electron chi connectivity index (χ4n) is 2.79. The summed E-state index contributed by atoms with van der Waals surface area (Å²) in [6.45, 7) is 3.04. The molecule has 0 saturated heterocycles. The maximum Gasteiger partial charge on any atom is 0.119 e. The van der Waals surface area contributed by atoms with Gasteiger partial charge in [0.15, 0.2) is 0 Å². The fourth-order valence-corrected chi connectivity index (χ4v) is 2.79. The maximum absolute atomic E-state index is 5.81. The molecule has 0 atom stereocenters. The molecule has 0 saturated carbocycles. The largest absolute Gasteiger partial charge is 0.494 e. The van der Waals surface area contributed by atoms with Gasteiger partial charge in [-0.15, -0.1) is 0 Å². The Hall–Kier alpha value is -2.36. The monoisotopic (exact) mass is 367 g/mol. The molecule has 0 N–H and O–H groups in total. The SMILES string of the molecule is CCCCCCCCCOc1ccc(N=Nc2ccc(N(C)C)cc2)cc1. The summed E-state index contributed by atoms with van der Waals surface area (Å²) < 4.78 is 5.81. The van der Waals surface area contributed by atoms with Crippen LogP contribution >= 0.6 is 0 Å². The lowest BCUT2D eigenvalue weighted by Gasteiger charge is -2.11. The van der Waals surface area contributed by atoms with Crippen LogP contribution in [-0.4, -0.2) is 20.7 Å². The zero-order chi connectivity index (χ0) is 19.3. The van der Waals surface area contributed by atoms with Crippen LogP contribution in [-0.2, 0) is 0 Å². The topological polar surface area (TPSA) is 37.2 Å². The molecule has 0 aliphatic heterocycles. The summed E-state index contributed by atoms with van der Waals surface area (Å²) in [5.41, 5.74) is 2.83. The van der Waals surface area contributed by atoms with Crippen LogP contribution in [0.1, 0.15) is 51.9 Å². The molecule has 2 aromatic carbocycles. The van der Waals surface area contributed by atoms with Gasteiger partial charge >= 0.3 is 0 Å². The zero-order valence-electron chi connectivity index (χ0n) is 17.0. The molecular formula is C23H33N3O. The molecule has 146 valence electrons. The van der Waals surface area contributed by atoms with Crippen molar-refractivity contribution in [3.05, 3.63) is 48.5 Å². The Kier molecular flexibility index (Phi) is 9.39. The van der Waals surface area contributed by atoms with Gasteiger partial charge in [-0.3, -0.25) is 0 Å². The number of hydrogen-bond donors (Lipinski definition) is 0. The van der Waals surface area contributed by atoms with Gasteiger partial charge in [0, 0.05) is 19.8 Å². The van der Waals surface area contributed by atoms with Gasteiger partial charge in [0.2, 0.25) is 0 Å². The van der Waals surface area contributed by atoms with Crippen molar-refractivity contribution in [1.29, 1.82) is 0 Å². The van der Waals surface area contributed by atoms with Crippen molar-refractivity contribution in [3.63, 3.8) is 0 Å². The first-order chi connectivity index (χ1) is 13.2. The summed E-state index contributed by atoms with van der Waals surface area (Å²) in [4.78, 5) is 2.06. The van der Waals surface area contributed by atoms with Gasteiger partial charge < -0.3 is 9.64 Å². The molecule has 4 heteroatoms. The molecule has 4 nitrogen and oxygen atoms in total. The minimum absolute atomic E-state index is 0.785. The first kappa shape index (κ1) is 20.9. The Bertz CT molecular complexity index is 663. The van der Waals surface area contributed by atoms with Gasteiger partial charge in [-0.1, -0.05) is 45.4 Å². The minimum Gasteiger partial charge on any atom is -0.494 e. The molecule has 0 unspecified atom stereocenters. The lowest BCUT2D eigenvalue weighted by Crippen LogP contribution is -2.07. The quantitative estimate of drug-likeness (QED) is 0.291. The Morgan fingerprint density at radius 1 is 0.704 bits per heavy atom. The van der Waals surface area contributed by atoms with Crippen LogP contribution in [0.25, 0.3) is 0 Å². The van der Waals surface area contributed by atoms with Gasteiger partial charge in [0.1, 0.15) is 5.75 Å². The highest BCUT2D eigenvalue weighted by molar-refractivity contribution is 5.52. The molecule has 0 radical (unpaired) electrons. The maximum atomic E-state index is 5.81. The summed E-state index contributed by atoms with van der Waals surface area (Å²) in [5, 5.41) is 8.58. The summed E-state index contributed by atoms with van der Waals surface area (Å²) in [7, 11) is 4.04. The third-order valence-electron chi connectivity index (χ3n) is 4.50. The van der Waals surface area contributed by atoms with Crippen molar-refractivity contribution in [2.24, 2.45) is 10.2 Å². The van der Waals surface area contributed by atoms with Crippen molar-refractivity contribution < 1.29 is 4.74 Å². The molecule has 0 spiro atoms. The Labute approximate surface area is 164 Å². The van der Waals surface area contributed by atoms with Crippen molar-refractivity contribution in [1.82, 2.24) is 0 Å². The second-order valence-electron chi connectivity index (χ2n) is 7.07. The average molecular weight is 368 g/mol. The van der Waals surface area contributed by atoms with Gasteiger partial charge in [0.05, 0.1) is 18.0 Å². The van der Waals surface area contributed by atoms with Gasteiger partial charge in [-0.25, -0.2) is 0 Å². The number of ether oxygens (including phenoxy) is 1. The van der Waals surface area contributed by atoms with E-state index < -0.39 is 0 Å². The Morgan fingerprint density at radius 3 is 1.78 bits per heavy atom. The van der Waals surface area contributed by atoms with E-state index in [4.69, 9.17) is 4.74 Å². The molecule has 0 amide bonds. The second-order valence-corrected chi connectivity index (χ2v) is 7.07. The summed E-state index contributed by atoms with van der Waals surface area (Å²) in [6.07, 6.45) is 9.08. The predicted octanol–water partition coefficient (Wildman–Crippen LogP) is 7.30. The number of rotatable bonds is 12. The first-order valence-electron chi connectivity index (χ1n) is 10.1. The normalized spacial score (nSPS) is 11.1. The smallest absolute Gasteiger partial charge is 0.119 e. The lowest BCUT2D eigenvalue weighted by molar-refractivity contribution is 0.304. The standard InChI is InChI=1S/C23H33N3O/c1-4-5-6-7-8-9-10-19-27-23-17-13-21(14-18-23)25-24-20-11-15-22(16-12-20)26(2)3/h11-18H,4-10,19H2,1-3H3. The van der Waals surface area contributed by atoms with Crippen molar-refractivity contribution in [3.8, 4) is 5.75 Å².